The molecule has 6 rings (SSSR count). The predicted molar refractivity (Wildman–Crippen MR) is 254 cm³/mol. The molecule has 1 aliphatic rings. The molecule has 0 saturated carbocycles. The van der Waals surface area contributed by atoms with Crippen LogP contribution in [0.5, 0.6) is 0 Å². The van der Waals surface area contributed by atoms with E-state index in [0.717, 1.165) is 54.9 Å². The monoisotopic (exact) mass is 1030 g/mol. The van der Waals surface area contributed by atoms with Gasteiger partial charge in [0.2, 0.25) is 0 Å². The molecule has 0 N–H and O–H groups in total. The van der Waals surface area contributed by atoms with E-state index in [1.165, 1.54) is 99.2 Å². The Hall–Kier alpha value is -2.86. The van der Waals surface area contributed by atoms with Crippen molar-refractivity contribution in [2.24, 2.45) is 0 Å². The molecule has 0 nitrogen and oxygen atoms in total. The SMILES string of the molecule is CC(C)(C)c1[c-]c2c(cc1C(C)(C)C)-c1cc(C(C)(C)C)c(C(C)(C)C)cc1C2.CCCCc1cc(C(C)(C)C)c[cH-]1.FC(F)(F)c1cccc([C](=[Zr+2])c2cccc(C(F)(F)F)c2)c1.[Cl-].[Cl-]. The first-order valence-corrected chi connectivity index (χ1v) is 23.7. The van der Waals surface area contributed by atoms with Crippen LogP contribution < -0.4 is 24.8 Å². The Morgan fingerprint density at radius 2 is 1.02 bits per heavy atom. The second-order valence-corrected chi connectivity index (χ2v) is 23.8. The molecule has 0 atom stereocenters. The van der Waals surface area contributed by atoms with E-state index < -0.39 is 23.5 Å². The summed E-state index contributed by atoms with van der Waals surface area (Å²) in [5.74, 6) is 0. The number of fused-ring (bicyclic) bond motifs is 3. The third-order valence-corrected chi connectivity index (χ3v) is 13.1. The Kier molecular flexibility index (Phi) is 19.6. The molecule has 5 aromatic carbocycles. The first-order chi connectivity index (χ1) is 29.0. The van der Waals surface area contributed by atoms with Gasteiger partial charge in [0.15, 0.2) is 0 Å². The molecule has 0 unspecified atom stereocenters. The largest absolute Gasteiger partial charge is 1.00 e. The van der Waals surface area contributed by atoms with Crippen molar-refractivity contribution < 1.29 is 75.4 Å². The van der Waals surface area contributed by atoms with Crippen LogP contribution in [0.15, 0.2) is 84.9 Å². The van der Waals surface area contributed by atoms with Crippen molar-refractivity contribution in [2.45, 2.75) is 176 Å². The first-order valence-electron chi connectivity index (χ1n) is 22.5. The Balaban J connectivity index is 0.000000359. The average molecular weight is 1030 g/mol. The summed E-state index contributed by atoms with van der Waals surface area (Å²) >= 11 is 0.729. The number of rotatable bonds is 5. The normalized spacial score (nSPS) is 13.0. The van der Waals surface area contributed by atoms with E-state index in [-0.39, 0.29) is 57.6 Å². The molecular weight excluding hydrogens is 961 g/mol. The van der Waals surface area contributed by atoms with Gasteiger partial charge >= 0.3 is 137 Å². The van der Waals surface area contributed by atoms with Crippen molar-refractivity contribution >= 4 is 3.21 Å². The summed E-state index contributed by atoms with van der Waals surface area (Å²) in [5, 5.41) is 0. The quantitative estimate of drug-likeness (QED) is 0.119. The van der Waals surface area contributed by atoms with Crippen molar-refractivity contribution in [3.05, 3.63) is 158 Å². The second-order valence-electron chi connectivity index (χ2n) is 22.6. The fourth-order valence-corrected chi connectivity index (χ4v) is 8.75. The van der Waals surface area contributed by atoms with Gasteiger partial charge in [-0.2, -0.15) is 41.0 Å². The fraction of sp³-hybridized carbons (Fsp3) is 0.474. The molecule has 0 bridgehead atoms. The van der Waals surface area contributed by atoms with E-state index in [0.29, 0.717) is 8.62 Å². The molecule has 360 valence electrons. The maximum absolute atomic E-state index is 12.7. The molecule has 66 heavy (non-hydrogen) atoms. The molecule has 0 heterocycles. The van der Waals surface area contributed by atoms with Crippen LogP contribution in [0.4, 0.5) is 26.3 Å². The first kappa shape index (κ1) is 59.3. The van der Waals surface area contributed by atoms with E-state index in [1.54, 1.807) is 0 Å². The van der Waals surface area contributed by atoms with E-state index in [4.69, 9.17) is 0 Å². The van der Waals surface area contributed by atoms with Gasteiger partial charge in [-0.15, -0.1) is 16.7 Å². The molecule has 9 heteroatoms. The van der Waals surface area contributed by atoms with Crippen molar-refractivity contribution in [1.29, 1.82) is 0 Å². The molecule has 0 aliphatic heterocycles. The van der Waals surface area contributed by atoms with Crippen LogP contribution in [0.3, 0.4) is 0 Å². The summed E-state index contributed by atoms with van der Waals surface area (Å²) in [6.07, 6.45) is -4.12. The van der Waals surface area contributed by atoms with Gasteiger partial charge in [0.25, 0.3) is 0 Å². The summed E-state index contributed by atoms with van der Waals surface area (Å²) in [5.41, 5.74) is 14.1. The summed E-state index contributed by atoms with van der Waals surface area (Å²) in [7, 11) is 0. The molecule has 0 fully saturated rings. The van der Waals surface area contributed by atoms with E-state index in [1.807, 2.05) is 0 Å². The predicted octanol–water partition coefficient (Wildman–Crippen LogP) is 11.1. The zero-order valence-electron chi connectivity index (χ0n) is 41.9. The minimum atomic E-state index is -4.49. The summed E-state index contributed by atoms with van der Waals surface area (Å²) < 4.78 is 76.7. The van der Waals surface area contributed by atoms with Crippen LogP contribution in [-0.2, 0) is 76.5 Å². The van der Waals surface area contributed by atoms with E-state index in [2.05, 4.69) is 153 Å². The molecule has 5 aromatic rings. The maximum Gasteiger partial charge on any atom is -1.00 e. The molecule has 1 aliphatic carbocycles. The van der Waals surface area contributed by atoms with Crippen LogP contribution in [0, 0.1) is 6.07 Å². The Morgan fingerprint density at radius 1 is 0.561 bits per heavy atom. The number of halogens is 8. The van der Waals surface area contributed by atoms with Gasteiger partial charge in [0.05, 0.1) is 0 Å². The van der Waals surface area contributed by atoms with Gasteiger partial charge in [0.1, 0.15) is 0 Å². The Bertz CT molecular complexity index is 2280. The standard InChI is InChI=1S/C29H41.C15H8F6.C13H21.2ClH.Zr/c1-26(2,3)22-14-18-13-19-15-23(27(4,5)6)25(29(10,11)12)17-21(19)20(18)16-24(22)28(7,8)9;16-14(17,18)12-5-1-3-10(8-12)7-11-4-2-6-13(9-11)15(19,20)21;1-5-6-7-11-8-9-12(10-11)13(2,3)4;;;/h14,16-17H,13H2,1-12H3;1-6,8-9H;8-10H,5-7H2,1-4H3;2*1H;/q-1;;-1;;;+2/p-2. The number of hydrogen-bond donors (Lipinski definition) is 0. The minimum absolute atomic E-state index is 0. The topological polar surface area (TPSA) is 0 Å². The van der Waals surface area contributed by atoms with Crippen LogP contribution in [-0.4, -0.2) is 3.21 Å². The van der Waals surface area contributed by atoms with Gasteiger partial charge < -0.3 is 24.8 Å². The van der Waals surface area contributed by atoms with Gasteiger partial charge in [-0.3, -0.25) is 0 Å². The molecule has 0 radical (unpaired) electrons. The van der Waals surface area contributed by atoms with Crippen molar-refractivity contribution in [3.63, 3.8) is 0 Å². The average Bonchev–Trinajstić information content (AvgIpc) is 3.79. The number of aryl methyl sites for hydroxylation is 1. The van der Waals surface area contributed by atoms with E-state index in [9.17, 15) is 26.3 Å². The maximum atomic E-state index is 12.7. The summed E-state index contributed by atoms with van der Waals surface area (Å²) in [6.45, 7) is 37.0. The van der Waals surface area contributed by atoms with Crippen LogP contribution >= 0.6 is 0 Å². The minimum Gasteiger partial charge on any atom is -1.00 e. The second kappa shape index (κ2) is 21.8. The summed E-state index contributed by atoms with van der Waals surface area (Å²) in [4.78, 5) is 0. The molecule has 0 amide bonds. The zero-order valence-corrected chi connectivity index (χ0v) is 45.9. The van der Waals surface area contributed by atoms with E-state index >= 15 is 0 Å². The van der Waals surface area contributed by atoms with Crippen molar-refractivity contribution in [1.82, 2.24) is 0 Å². The van der Waals surface area contributed by atoms with Gasteiger partial charge in [0, 0.05) is 0 Å². The zero-order chi connectivity index (χ0) is 48.6. The molecule has 0 spiro atoms. The van der Waals surface area contributed by atoms with Crippen LogP contribution in [0.2, 0.25) is 0 Å². The number of unbranched alkanes of at least 4 members (excludes halogenated alkanes) is 1. The van der Waals surface area contributed by atoms with Crippen LogP contribution in [0.1, 0.15) is 190 Å². The van der Waals surface area contributed by atoms with Gasteiger partial charge in [-0.05, 0) is 39.4 Å². The summed E-state index contributed by atoms with van der Waals surface area (Å²) in [6, 6.07) is 27.5. The van der Waals surface area contributed by atoms with Crippen molar-refractivity contribution in [3.8, 4) is 11.1 Å². The van der Waals surface area contributed by atoms with Crippen LogP contribution in [0.25, 0.3) is 11.1 Å². The molecule has 0 aromatic heterocycles. The van der Waals surface area contributed by atoms with Crippen molar-refractivity contribution in [2.75, 3.05) is 0 Å². The number of hydrogen-bond acceptors (Lipinski definition) is 0. The van der Waals surface area contributed by atoms with Gasteiger partial charge in [-0.25, -0.2) is 6.07 Å². The number of benzene rings is 4. The molecule has 0 saturated heterocycles. The number of alkyl halides is 6. The smallest absolute Gasteiger partial charge is 1.00 e. The third-order valence-electron chi connectivity index (χ3n) is 11.7. The Labute approximate surface area is 420 Å². The van der Waals surface area contributed by atoms with Gasteiger partial charge in [-0.1, -0.05) is 159 Å². The fourth-order valence-electron chi connectivity index (χ4n) is 7.99. The molecular formula is C57H70Cl2F6Zr-2. The third kappa shape index (κ3) is 15.3. The Morgan fingerprint density at radius 3 is 1.41 bits per heavy atom.